The molecule has 0 unspecified atom stereocenters. The Morgan fingerprint density at radius 3 is 2.79 bits per heavy atom. The SMILES string of the molecule is Cc1nc(-c2cccs2)sc1CNC(=O)c1ccccc1[N+](=O)[O-]. The summed E-state index contributed by atoms with van der Waals surface area (Å²) < 4.78 is 0. The van der Waals surface area contributed by atoms with E-state index in [1.165, 1.54) is 29.5 Å². The molecule has 0 aliphatic carbocycles. The Bertz CT molecular complexity index is 888. The van der Waals surface area contributed by atoms with E-state index in [4.69, 9.17) is 0 Å². The fourth-order valence-corrected chi connectivity index (χ4v) is 3.98. The zero-order chi connectivity index (χ0) is 17.1. The van der Waals surface area contributed by atoms with Crippen LogP contribution in [0.3, 0.4) is 0 Å². The first-order valence-electron chi connectivity index (χ1n) is 7.08. The van der Waals surface area contributed by atoms with Gasteiger partial charge in [0.1, 0.15) is 10.6 Å². The number of amides is 1. The van der Waals surface area contributed by atoms with Crippen LogP contribution in [-0.4, -0.2) is 15.8 Å². The maximum Gasteiger partial charge on any atom is 0.282 e. The number of benzene rings is 1. The Morgan fingerprint density at radius 1 is 1.29 bits per heavy atom. The molecule has 2 aromatic heterocycles. The third-order valence-electron chi connectivity index (χ3n) is 3.38. The fraction of sp³-hybridized carbons (Fsp3) is 0.125. The van der Waals surface area contributed by atoms with Crippen LogP contribution in [0.5, 0.6) is 0 Å². The molecule has 0 fully saturated rings. The van der Waals surface area contributed by atoms with Gasteiger partial charge in [0.15, 0.2) is 0 Å². The van der Waals surface area contributed by atoms with Crippen LogP contribution in [0.2, 0.25) is 0 Å². The molecule has 0 saturated carbocycles. The van der Waals surface area contributed by atoms with Gasteiger partial charge in [-0.2, -0.15) is 0 Å². The van der Waals surface area contributed by atoms with Crippen molar-refractivity contribution in [3.05, 3.63) is 68.0 Å². The first-order chi connectivity index (χ1) is 11.6. The largest absolute Gasteiger partial charge is 0.347 e. The molecule has 8 heteroatoms. The topological polar surface area (TPSA) is 85.1 Å². The fourth-order valence-electron chi connectivity index (χ4n) is 2.18. The van der Waals surface area contributed by atoms with Gasteiger partial charge in [-0.25, -0.2) is 4.98 Å². The molecule has 0 radical (unpaired) electrons. The van der Waals surface area contributed by atoms with Crippen molar-refractivity contribution in [3.63, 3.8) is 0 Å². The molecule has 24 heavy (non-hydrogen) atoms. The van der Waals surface area contributed by atoms with Crippen LogP contribution in [0.1, 0.15) is 20.9 Å². The number of thiophene rings is 1. The lowest BCUT2D eigenvalue weighted by molar-refractivity contribution is -0.385. The maximum atomic E-state index is 12.3. The number of thiazole rings is 1. The van der Waals surface area contributed by atoms with Gasteiger partial charge in [-0.05, 0) is 24.4 Å². The van der Waals surface area contributed by atoms with Crippen molar-refractivity contribution >= 4 is 34.3 Å². The van der Waals surface area contributed by atoms with Crippen molar-refractivity contribution in [1.82, 2.24) is 10.3 Å². The summed E-state index contributed by atoms with van der Waals surface area (Å²) in [5.74, 6) is -0.465. The van der Waals surface area contributed by atoms with E-state index in [9.17, 15) is 14.9 Å². The van der Waals surface area contributed by atoms with E-state index in [0.29, 0.717) is 6.54 Å². The number of rotatable bonds is 5. The molecule has 3 aromatic rings. The lowest BCUT2D eigenvalue weighted by Crippen LogP contribution is -2.23. The highest BCUT2D eigenvalue weighted by Gasteiger charge is 2.19. The Labute approximate surface area is 146 Å². The molecule has 0 spiro atoms. The number of nitrogens with one attached hydrogen (secondary N) is 1. The molecule has 3 rings (SSSR count). The number of nitro groups is 1. The highest BCUT2D eigenvalue weighted by atomic mass is 32.1. The van der Waals surface area contributed by atoms with Crippen molar-refractivity contribution in [2.75, 3.05) is 0 Å². The van der Waals surface area contributed by atoms with Crippen molar-refractivity contribution in [1.29, 1.82) is 0 Å². The highest BCUT2D eigenvalue weighted by molar-refractivity contribution is 7.21. The van der Waals surface area contributed by atoms with E-state index in [-0.39, 0.29) is 11.3 Å². The van der Waals surface area contributed by atoms with Crippen LogP contribution < -0.4 is 5.32 Å². The van der Waals surface area contributed by atoms with Gasteiger partial charge in [0.25, 0.3) is 11.6 Å². The van der Waals surface area contributed by atoms with E-state index in [1.54, 1.807) is 17.4 Å². The van der Waals surface area contributed by atoms with Crippen LogP contribution in [0, 0.1) is 17.0 Å². The molecule has 122 valence electrons. The van der Waals surface area contributed by atoms with Gasteiger partial charge in [-0.3, -0.25) is 14.9 Å². The standard InChI is InChI=1S/C16H13N3O3S2/c1-10-14(24-16(18-10)13-7-4-8-23-13)9-17-15(20)11-5-2-3-6-12(11)19(21)22/h2-8H,9H2,1H3,(H,17,20). The van der Waals surface area contributed by atoms with E-state index in [0.717, 1.165) is 20.5 Å². The molecule has 0 bridgehead atoms. The average molecular weight is 359 g/mol. The number of aromatic nitrogens is 1. The first-order valence-corrected chi connectivity index (χ1v) is 8.77. The second-order valence-electron chi connectivity index (χ2n) is 4.96. The summed E-state index contributed by atoms with van der Waals surface area (Å²) in [7, 11) is 0. The number of para-hydroxylation sites is 1. The minimum atomic E-state index is -0.554. The van der Waals surface area contributed by atoms with Crippen molar-refractivity contribution in [2.45, 2.75) is 13.5 Å². The van der Waals surface area contributed by atoms with E-state index < -0.39 is 10.8 Å². The molecule has 0 atom stereocenters. The molecular weight excluding hydrogens is 346 g/mol. The Balaban J connectivity index is 1.75. The first kappa shape index (κ1) is 16.3. The number of aryl methyl sites for hydroxylation is 1. The van der Waals surface area contributed by atoms with E-state index in [1.807, 2.05) is 24.4 Å². The van der Waals surface area contributed by atoms with Gasteiger partial charge in [-0.1, -0.05) is 18.2 Å². The lowest BCUT2D eigenvalue weighted by atomic mass is 10.1. The van der Waals surface area contributed by atoms with Crippen LogP contribution >= 0.6 is 22.7 Å². The summed E-state index contributed by atoms with van der Waals surface area (Å²) in [4.78, 5) is 29.3. The monoisotopic (exact) mass is 359 g/mol. The number of carbonyl (C=O) groups is 1. The summed E-state index contributed by atoms with van der Waals surface area (Å²) in [5, 5.41) is 16.7. The summed E-state index contributed by atoms with van der Waals surface area (Å²) in [6.07, 6.45) is 0. The van der Waals surface area contributed by atoms with Gasteiger partial charge in [0.05, 0.1) is 22.0 Å². The normalized spacial score (nSPS) is 10.5. The smallest absolute Gasteiger partial charge is 0.282 e. The molecule has 6 nitrogen and oxygen atoms in total. The molecule has 0 aliphatic heterocycles. The lowest BCUT2D eigenvalue weighted by Gasteiger charge is -2.04. The van der Waals surface area contributed by atoms with Crippen molar-refractivity contribution < 1.29 is 9.72 Å². The minimum absolute atomic E-state index is 0.0585. The van der Waals surface area contributed by atoms with Crippen molar-refractivity contribution in [2.24, 2.45) is 0 Å². The third-order valence-corrected chi connectivity index (χ3v) is 5.58. The predicted octanol–water partition coefficient (Wildman–Crippen LogP) is 4.02. The third kappa shape index (κ3) is 3.34. The average Bonchev–Trinajstić information content (AvgIpc) is 3.22. The van der Waals surface area contributed by atoms with E-state index in [2.05, 4.69) is 10.3 Å². The van der Waals surface area contributed by atoms with Crippen LogP contribution in [0.25, 0.3) is 9.88 Å². The summed E-state index contributed by atoms with van der Waals surface area (Å²) in [6.45, 7) is 2.18. The van der Waals surface area contributed by atoms with Crippen LogP contribution in [0.4, 0.5) is 5.69 Å². The second kappa shape index (κ2) is 6.90. The summed E-state index contributed by atoms with van der Waals surface area (Å²) in [6, 6.07) is 9.88. The predicted molar refractivity (Wildman–Crippen MR) is 94.4 cm³/mol. The van der Waals surface area contributed by atoms with Crippen LogP contribution in [0.15, 0.2) is 41.8 Å². The van der Waals surface area contributed by atoms with Gasteiger partial charge in [-0.15, -0.1) is 22.7 Å². The molecule has 2 heterocycles. The number of nitrogens with zero attached hydrogens (tertiary/aromatic N) is 2. The van der Waals surface area contributed by atoms with Gasteiger partial charge in [0.2, 0.25) is 0 Å². The van der Waals surface area contributed by atoms with Gasteiger partial charge >= 0.3 is 0 Å². The van der Waals surface area contributed by atoms with Gasteiger partial charge < -0.3 is 5.32 Å². The molecule has 1 amide bonds. The molecule has 1 aromatic carbocycles. The minimum Gasteiger partial charge on any atom is -0.347 e. The highest BCUT2D eigenvalue weighted by Crippen LogP contribution is 2.31. The Hall–Kier alpha value is -2.58. The summed E-state index contributed by atoms with van der Waals surface area (Å²) in [5.41, 5.74) is 0.713. The number of hydrogen-bond acceptors (Lipinski definition) is 6. The molecular formula is C16H13N3O3S2. The molecule has 0 saturated heterocycles. The number of nitro benzene ring substituents is 1. The quantitative estimate of drug-likeness (QED) is 0.551. The van der Waals surface area contributed by atoms with Gasteiger partial charge in [0, 0.05) is 10.9 Å². The number of carbonyl (C=O) groups excluding carboxylic acids is 1. The maximum absolute atomic E-state index is 12.3. The zero-order valence-corrected chi connectivity index (χ0v) is 14.3. The Kier molecular flexibility index (Phi) is 4.68. The molecule has 1 N–H and O–H groups in total. The van der Waals surface area contributed by atoms with Crippen molar-refractivity contribution in [3.8, 4) is 9.88 Å². The molecule has 0 aliphatic rings. The summed E-state index contributed by atoms with van der Waals surface area (Å²) >= 11 is 3.13. The zero-order valence-electron chi connectivity index (χ0n) is 12.7. The van der Waals surface area contributed by atoms with E-state index >= 15 is 0 Å². The number of hydrogen-bond donors (Lipinski definition) is 1. The van der Waals surface area contributed by atoms with Crippen LogP contribution in [-0.2, 0) is 6.54 Å². The second-order valence-corrected chi connectivity index (χ2v) is 6.99. The Morgan fingerprint density at radius 2 is 2.08 bits per heavy atom.